The molecule has 0 atom stereocenters. The molecular weight excluding hydrogens is 164 g/mol. The molecule has 0 spiro atoms. The maximum Gasteiger partial charge on any atom is 0.0897 e. The Morgan fingerprint density at radius 2 is 2.00 bits per heavy atom. The van der Waals surface area contributed by atoms with E-state index < -0.39 is 5.60 Å². The molecule has 1 aliphatic rings. The fourth-order valence-corrected chi connectivity index (χ4v) is 1.42. The van der Waals surface area contributed by atoms with E-state index in [9.17, 15) is 5.11 Å². The summed E-state index contributed by atoms with van der Waals surface area (Å²) < 4.78 is 0. The van der Waals surface area contributed by atoms with Crippen LogP contribution in [0.5, 0.6) is 0 Å². The Hall–Kier alpha value is -0.700. The van der Waals surface area contributed by atoms with Crippen molar-refractivity contribution in [2.75, 3.05) is 13.2 Å². The second kappa shape index (κ2) is 3.58. The molecule has 0 aromatic heterocycles. The van der Waals surface area contributed by atoms with Crippen LogP contribution >= 0.6 is 0 Å². The predicted octanol–water partition coefficient (Wildman–Crippen LogP) is 1.21. The van der Waals surface area contributed by atoms with Crippen LogP contribution in [0.4, 0.5) is 0 Å². The quantitative estimate of drug-likeness (QED) is 0.714. The molecule has 0 aromatic carbocycles. The van der Waals surface area contributed by atoms with E-state index in [0.29, 0.717) is 12.6 Å². The van der Waals surface area contributed by atoms with Crippen LogP contribution in [0.15, 0.2) is 12.4 Å². The monoisotopic (exact) mass is 184 g/mol. The molecule has 3 heteroatoms. The summed E-state index contributed by atoms with van der Waals surface area (Å²) in [5.74, 6) is 0. The van der Waals surface area contributed by atoms with Gasteiger partial charge >= 0.3 is 0 Å². The zero-order valence-corrected chi connectivity index (χ0v) is 8.99. The van der Waals surface area contributed by atoms with Gasteiger partial charge in [0.05, 0.1) is 12.3 Å². The van der Waals surface area contributed by atoms with Crippen LogP contribution < -0.4 is 0 Å². The molecule has 0 fully saturated rings. The Morgan fingerprint density at radius 1 is 1.38 bits per heavy atom. The molecule has 0 bridgehead atoms. The molecule has 0 saturated heterocycles. The Morgan fingerprint density at radius 3 is 2.38 bits per heavy atom. The van der Waals surface area contributed by atoms with Gasteiger partial charge in [0, 0.05) is 25.0 Å². The molecule has 0 radical (unpaired) electrons. The Kier molecular flexibility index (Phi) is 2.86. The summed E-state index contributed by atoms with van der Waals surface area (Å²) in [4.78, 5) is 4.37. The third-order valence-electron chi connectivity index (χ3n) is 2.07. The molecule has 0 aromatic rings. The lowest BCUT2D eigenvalue weighted by atomic mass is 10.1. The van der Waals surface area contributed by atoms with Gasteiger partial charge in [-0.2, -0.15) is 0 Å². The van der Waals surface area contributed by atoms with Crippen LogP contribution in [0.2, 0.25) is 0 Å². The standard InChI is InChI=1S/C10H20N2O/c1-9(2)12-6-5-11(8-12)7-10(3,4)13/h5-6,9,13H,7-8H2,1-4H3. The van der Waals surface area contributed by atoms with Crippen molar-refractivity contribution in [2.45, 2.75) is 39.3 Å². The Bertz CT molecular complexity index is 194. The first-order chi connectivity index (χ1) is 5.88. The van der Waals surface area contributed by atoms with Crippen LogP contribution in [0, 0.1) is 0 Å². The van der Waals surface area contributed by atoms with E-state index in [1.165, 1.54) is 0 Å². The fraction of sp³-hybridized carbons (Fsp3) is 0.800. The number of nitrogens with zero attached hydrogens (tertiary/aromatic N) is 2. The van der Waals surface area contributed by atoms with Crippen LogP contribution in [0.1, 0.15) is 27.7 Å². The summed E-state index contributed by atoms with van der Waals surface area (Å²) in [5, 5.41) is 9.61. The minimum Gasteiger partial charge on any atom is -0.389 e. The van der Waals surface area contributed by atoms with Crippen LogP contribution in [-0.2, 0) is 0 Å². The van der Waals surface area contributed by atoms with E-state index in [2.05, 4.69) is 29.8 Å². The number of rotatable bonds is 3. The van der Waals surface area contributed by atoms with Gasteiger partial charge in [-0.25, -0.2) is 0 Å². The molecule has 76 valence electrons. The van der Waals surface area contributed by atoms with Gasteiger partial charge < -0.3 is 14.9 Å². The topological polar surface area (TPSA) is 26.7 Å². The van der Waals surface area contributed by atoms with Crippen molar-refractivity contribution in [1.82, 2.24) is 9.80 Å². The summed E-state index contributed by atoms with van der Waals surface area (Å²) in [6.07, 6.45) is 4.12. The van der Waals surface area contributed by atoms with Gasteiger partial charge in [-0.1, -0.05) is 0 Å². The molecular formula is C10H20N2O. The molecule has 3 nitrogen and oxygen atoms in total. The summed E-state index contributed by atoms with van der Waals surface area (Å²) >= 11 is 0. The first kappa shape index (κ1) is 10.4. The SMILES string of the molecule is CC(C)N1C=CN(CC(C)(C)O)C1. The zero-order chi connectivity index (χ0) is 10.1. The maximum atomic E-state index is 9.61. The zero-order valence-electron chi connectivity index (χ0n) is 8.99. The number of aliphatic hydroxyl groups is 1. The van der Waals surface area contributed by atoms with Gasteiger partial charge in [-0.05, 0) is 27.7 Å². The Labute approximate surface area is 80.6 Å². The van der Waals surface area contributed by atoms with E-state index in [1.807, 2.05) is 20.0 Å². The highest BCUT2D eigenvalue weighted by atomic mass is 16.3. The Balaban J connectivity index is 2.39. The van der Waals surface area contributed by atoms with E-state index in [0.717, 1.165) is 6.67 Å². The van der Waals surface area contributed by atoms with Crippen molar-refractivity contribution >= 4 is 0 Å². The maximum absolute atomic E-state index is 9.61. The van der Waals surface area contributed by atoms with Crippen LogP contribution in [0.25, 0.3) is 0 Å². The summed E-state index contributed by atoms with van der Waals surface area (Å²) in [7, 11) is 0. The molecule has 0 amide bonds. The second-order valence-corrected chi connectivity index (χ2v) is 4.61. The fourth-order valence-electron chi connectivity index (χ4n) is 1.42. The van der Waals surface area contributed by atoms with Gasteiger partial charge in [-0.15, -0.1) is 0 Å². The van der Waals surface area contributed by atoms with E-state index >= 15 is 0 Å². The molecule has 1 aliphatic heterocycles. The summed E-state index contributed by atoms with van der Waals surface area (Å²) in [6.45, 7) is 9.57. The summed E-state index contributed by atoms with van der Waals surface area (Å²) in [5.41, 5.74) is -0.614. The van der Waals surface area contributed by atoms with Gasteiger partial charge in [0.15, 0.2) is 0 Å². The average molecular weight is 184 g/mol. The normalized spacial score (nSPS) is 17.7. The van der Waals surface area contributed by atoms with Crippen molar-refractivity contribution in [2.24, 2.45) is 0 Å². The molecule has 1 heterocycles. The number of β-amino-alcohol motifs (C(OH)–C–C–N with tert-alkyl or cyclic N) is 1. The molecule has 1 N–H and O–H groups in total. The van der Waals surface area contributed by atoms with Crippen molar-refractivity contribution in [3.05, 3.63) is 12.4 Å². The van der Waals surface area contributed by atoms with Gasteiger partial charge in [0.25, 0.3) is 0 Å². The number of hydrogen-bond acceptors (Lipinski definition) is 3. The van der Waals surface area contributed by atoms with Crippen molar-refractivity contribution in [3.63, 3.8) is 0 Å². The lowest BCUT2D eigenvalue weighted by Crippen LogP contribution is -2.38. The van der Waals surface area contributed by atoms with Crippen molar-refractivity contribution in [1.29, 1.82) is 0 Å². The molecule has 0 aliphatic carbocycles. The van der Waals surface area contributed by atoms with E-state index in [-0.39, 0.29) is 0 Å². The minimum absolute atomic E-state index is 0.531. The number of hydrogen-bond donors (Lipinski definition) is 1. The summed E-state index contributed by atoms with van der Waals surface area (Å²) in [6, 6.07) is 0.531. The predicted molar refractivity (Wildman–Crippen MR) is 54.0 cm³/mol. The first-order valence-electron chi connectivity index (χ1n) is 4.79. The van der Waals surface area contributed by atoms with Gasteiger partial charge in [0.1, 0.15) is 0 Å². The van der Waals surface area contributed by atoms with Crippen molar-refractivity contribution in [3.8, 4) is 0 Å². The molecule has 1 rings (SSSR count). The van der Waals surface area contributed by atoms with Gasteiger partial charge in [0.2, 0.25) is 0 Å². The highest BCUT2D eigenvalue weighted by molar-refractivity contribution is 4.93. The third-order valence-corrected chi connectivity index (χ3v) is 2.07. The third kappa shape index (κ3) is 3.27. The van der Waals surface area contributed by atoms with Gasteiger partial charge in [-0.3, -0.25) is 0 Å². The highest BCUT2D eigenvalue weighted by Gasteiger charge is 2.21. The largest absolute Gasteiger partial charge is 0.389 e. The highest BCUT2D eigenvalue weighted by Crippen LogP contribution is 2.13. The van der Waals surface area contributed by atoms with E-state index in [1.54, 1.807) is 0 Å². The second-order valence-electron chi connectivity index (χ2n) is 4.61. The average Bonchev–Trinajstić information content (AvgIpc) is 2.31. The van der Waals surface area contributed by atoms with Crippen molar-refractivity contribution < 1.29 is 5.11 Å². The van der Waals surface area contributed by atoms with Crippen LogP contribution in [-0.4, -0.2) is 39.8 Å². The minimum atomic E-state index is -0.614. The molecule has 13 heavy (non-hydrogen) atoms. The smallest absolute Gasteiger partial charge is 0.0897 e. The first-order valence-corrected chi connectivity index (χ1v) is 4.79. The van der Waals surface area contributed by atoms with E-state index in [4.69, 9.17) is 0 Å². The molecule has 0 unspecified atom stereocenters. The lowest BCUT2D eigenvalue weighted by molar-refractivity contribution is 0.0436. The van der Waals surface area contributed by atoms with Crippen LogP contribution in [0.3, 0.4) is 0 Å². The lowest BCUT2D eigenvalue weighted by Gasteiger charge is -2.28. The molecule has 0 saturated carbocycles.